The Morgan fingerprint density at radius 1 is 1.25 bits per heavy atom. The van der Waals surface area contributed by atoms with E-state index < -0.39 is 0 Å². The van der Waals surface area contributed by atoms with Gasteiger partial charge in [-0.25, -0.2) is 4.98 Å². The molecule has 0 bridgehead atoms. The van der Waals surface area contributed by atoms with Crippen molar-refractivity contribution in [3.63, 3.8) is 0 Å². The van der Waals surface area contributed by atoms with Crippen molar-refractivity contribution in [2.75, 3.05) is 6.54 Å². The summed E-state index contributed by atoms with van der Waals surface area (Å²) < 4.78 is 2.35. The zero-order valence-electron chi connectivity index (χ0n) is 13.0. The molecule has 0 unspecified atom stereocenters. The first-order valence-corrected chi connectivity index (χ1v) is 7.87. The molecule has 0 saturated carbocycles. The summed E-state index contributed by atoms with van der Waals surface area (Å²) in [6, 6.07) is 8.42. The van der Waals surface area contributed by atoms with Gasteiger partial charge in [-0.05, 0) is 43.9 Å². The molecule has 1 aromatic carbocycles. The summed E-state index contributed by atoms with van der Waals surface area (Å²) in [7, 11) is 0. The number of nitrogens with zero attached hydrogens (tertiary/aromatic N) is 2. The minimum absolute atomic E-state index is 0.793. The van der Waals surface area contributed by atoms with Gasteiger partial charge < -0.3 is 9.88 Å². The number of para-hydroxylation sites is 2. The molecule has 110 valence electrons. The molecule has 0 saturated heterocycles. The van der Waals surface area contributed by atoms with Gasteiger partial charge in [-0.3, -0.25) is 0 Å². The van der Waals surface area contributed by atoms with Gasteiger partial charge in [0.15, 0.2) is 0 Å². The quantitative estimate of drug-likeness (QED) is 0.737. The van der Waals surface area contributed by atoms with Crippen LogP contribution in [0.25, 0.3) is 11.0 Å². The van der Waals surface area contributed by atoms with Gasteiger partial charge in [0.2, 0.25) is 0 Å². The molecule has 3 nitrogen and oxygen atoms in total. The molecule has 0 aliphatic heterocycles. The minimum Gasteiger partial charge on any atom is -0.327 e. The van der Waals surface area contributed by atoms with Crippen LogP contribution in [0.3, 0.4) is 0 Å². The van der Waals surface area contributed by atoms with E-state index in [1.807, 2.05) is 0 Å². The fourth-order valence-corrected chi connectivity index (χ4v) is 2.57. The average molecular weight is 273 g/mol. The molecule has 1 N–H and O–H groups in total. The van der Waals surface area contributed by atoms with Crippen LogP contribution in [-0.4, -0.2) is 16.1 Å². The Hall–Kier alpha value is -1.35. The number of nitrogens with one attached hydrogen (secondary N) is 1. The third kappa shape index (κ3) is 3.83. The van der Waals surface area contributed by atoms with E-state index in [0.717, 1.165) is 43.3 Å². The predicted molar refractivity (Wildman–Crippen MR) is 85.8 cm³/mol. The first kappa shape index (κ1) is 15.0. The number of imidazole rings is 1. The number of fused-ring (bicyclic) bond motifs is 1. The summed E-state index contributed by atoms with van der Waals surface area (Å²) in [4.78, 5) is 4.76. The first-order chi connectivity index (χ1) is 9.72. The lowest BCUT2D eigenvalue weighted by atomic mass is 10.1. The van der Waals surface area contributed by atoms with Gasteiger partial charge in [0.05, 0.1) is 17.6 Å². The lowest BCUT2D eigenvalue weighted by Crippen LogP contribution is -2.18. The van der Waals surface area contributed by atoms with Crippen LogP contribution in [0, 0.1) is 5.92 Å². The van der Waals surface area contributed by atoms with Crippen molar-refractivity contribution >= 4 is 11.0 Å². The fourth-order valence-electron chi connectivity index (χ4n) is 2.57. The molecule has 20 heavy (non-hydrogen) atoms. The number of aromatic nitrogens is 2. The molecule has 0 radical (unpaired) electrons. The molecule has 0 atom stereocenters. The molecule has 2 rings (SSSR count). The van der Waals surface area contributed by atoms with Crippen molar-refractivity contribution in [2.45, 2.75) is 53.1 Å². The Kier molecular flexibility index (Phi) is 5.60. The summed E-state index contributed by atoms with van der Waals surface area (Å²) >= 11 is 0. The van der Waals surface area contributed by atoms with Gasteiger partial charge in [-0.2, -0.15) is 0 Å². The van der Waals surface area contributed by atoms with E-state index in [1.54, 1.807) is 0 Å². The highest BCUT2D eigenvalue weighted by atomic mass is 15.1. The molecule has 0 aliphatic rings. The second kappa shape index (κ2) is 7.44. The minimum atomic E-state index is 0.793. The van der Waals surface area contributed by atoms with Crippen molar-refractivity contribution in [2.24, 2.45) is 5.92 Å². The van der Waals surface area contributed by atoms with Crippen molar-refractivity contribution in [1.29, 1.82) is 0 Å². The predicted octanol–water partition coefficient (Wildman–Crippen LogP) is 3.97. The zero-order chi connectivity index (χ0) is 14.4. The normalized spacial score (nSPS) is 11.6. The Labute approximate surface area is 122 Å². The maximum Gasteiger partial charge on any atom is 0.123 e. The summed E-state index contributed by atoms with van der Waals surface area (Å²) in [5, 5.41) is 3.53. The maximum atomic E-state index is 4.76. The van der Waals surface area contributed by atoms with Crippen molar-refractivity contribution in [3.05, 3.63) is 30.1 Å². The van der Waals surface area contributed by atoms with E-state index in [1.165, 1.54) is 18.4 Å². The van der Waals surface area contributed by atoms with Crippen LogP contribution in [-0.2, 0) is 13.1 Å². The Morgan fingerprint density at radius 3 is 2.80 bits per heavy atom. The second-order valence-corrected chi connectivity index (χ2v) is 5.88. The first-order valence-electron chi connectivity index (χ1n) is 7.87. The zero-order valence-corrected chi connectivity index (χ0v) is 13.0. The monoisotopic (exact) mass is 273 g/mol. The summed E-state index contributed by atoms with van der Waals surface area (Å²) in [6.07, 6.45) is 3.67. The summed E-state index contributed by atoms with van der Waals surface area (Å²) in [6.45, 7) is 9.76. The molecule has 0 fully saturated rings. The van der Waals surface area contributed by atoms with Crippen molar-refractivity contribution in [3.8, 4) is 0 Å². The molecular weight excluding hydrogens is 246 g/mol. The average Bonchev–Trinajstić information content (AvgIpc) is 2.77. The van der Waals surface area contributed by atoms with E-state index in [4.69, 9.17) is 4.98 Å². The third-order valence-electron chi connectivity index (χ3n) is 3.60. The number of hydrogen-bond acceptors (Lipinski definition) is 2. The molecule has 2 aromatic rings. The topological polar surface area (TPSA) is 29.9 Å². The van der Waals surface area contributed by atoms with E-state index in [2.05, 4.69) is 54.9 Å². The third-order valence-corrected chi connectivity index (χ3v) is 3.60. The Morgan fingerprint density at radius 2 is 2.05 bits per heavy atom. The molecule has 1 aromatic heterocycles. The highest BCUT2D eigenvalue weighted by Crippen LogP contribution is 2.16. The van der Waals surface area contributed by atoms with Crippen LogP contribution >= 0.6 is 0 Å². The number of rotatable bonds is 8. The summed E-state index contributed by atoms with van der Waals surface area (Å²) in [5.74, 6) is 1.96. The smallest absolute Gasteiger partial charge is 0.123 e. The van der Waals surface area contributed by atoms with E-state index in [9.17, 15) is 0 Å². The van der Waals surface area contributed by atoms with Gasteiger partial charge >= 0.3 is 0 Å². The van der Waals surface area contributed by atoms with Crippen LogP contribution in [0.15, 0.2) is 24.3 Å². The van der Waals surface area contributed by atoms with Gasteiger partial charge in [-0.15, -0.1) is 0 Å². The highest BCUT2D eigenvalue weighted by Gasteiger charge is 2.08. The Balaban J connectivity index is 1.99. The SMILES string of the molecule is CCCn1c(CNCCCC(C)C)nc2ccccc21. The summed E-state index contributed by atoms with van der Waals surface area (Å²) in [5.41, 5.74) is 2.37. The van der Waals surface area contributed by atoms with E-state index >= 15 is 0 Å². The molecular formula is C17H27N3. The van der Waals surface area contributed by atoms with Crippen molar-refractivity contribution < 1.29 is 0 Å². The van der Waals surface area contributed by atoms with Gasteiger partial charge in [0.1, 0.15) is 5.82 Å². The highest BCUT2D eigenvalue weighted by molar-refractivity contribution is 5.75. The van der Waals surface area contributed by atoms with Gasteiger partial charge in [0, 0.05) is 6.54 Å². The molecule has 3 heteroatoms. The van der Waals surface area contributed by atoms with Gasteiger partial charge in [0.25, 0.3) is 0 Å². The number of benzene rings is 1. The lowest BCUT2D eigenvalue weighted by molar-refractivity contribution is 0.517. The van der Waals surface area contributed by atoms with Crippen LogP contribution in [0.1, 0.15) is 45.9 Å². The van der Waals surface area contributed by atoms with Crippen molar-refractivity contribution in [1.82, 2.24) is 14.9 Å². The van der Waals surface area contributed by atoms with Gasteiger partial charge in [-0.1, -0.05) is 32.9 Å². The van der Waals surface area contributed by atoms with E-state index in [0.29, 0.717) is 0 Å². The van der Waals surface area contributed by atoms with Crippen LogP contribution in [0.5, 0.6) is 0 Å². The molecule has 1 heterocycles. The largest absolute Gasteiger partial charge is 0.327 e. The Bertz CT molecular complexity index is 528. The fraction of sp³-hybridized carbons (Fsp3) is 0.588. The number of hydrogen-bond donors (Lipinski definition) is 1. The second-order valence-electron chi connectivity index (χ2n) is 5.88. The van der Waals surface area contributed by atoms with Crippen LogP contribution in [0.4, 0.5) is 0 Å². The molecule has 0 amide bonds. The van der Waals surface area contributed by atoms with Crippen LogP contribution < -0.4 is 5.32 Å². The maximum absolute atomic E-state index is 4.76. The standard InChI is InChI=1S/C17H27N3/c1-4-12-20-16-10-6-5-9-15(16)19-17(20)13-18-11-7-8-14(2)3/h5-6,9-10,14,18H,4,7-8,11-13H2,1-3H3. The molecule has 0 aliphatic carbocycles. The number of aryl methyl sites for hydroxylation is 1. The lowest BCUT2D eigenvalue weighted by Gasteiger charge is -2.09. The molecule has 0 spiro atoms. The van der Waals surface area contributed by atoms with Crippen LogP contribution in [0.2, 0.25) is 0 Å². The van der Waals surface area contributed by atoms with E-state index in [-0.39, 0.29) is 0 Å².